The summed E-state index contributed by atoms with van der Waals surface area (Å²) in [4.78, 5) is 9.00. The number of benzene rings is 1. The fraction of sp³-hybridized carbons (Fsp3) is 0.278. The maximum atomic E-state index is 5.68. The predicted octanol–water partition coefficient (Wildman–Crippen LogP) is 3.55. The molecule has 24 heavy (non-hydrogen) atoms. The topological polar surface area (TPSA) is 73.1 Å². The van der Waals surface area contributed by atoms with Gasteiger partial charge in [0.1, 0.15) is 23.9 Å². The molecule has 0 fully saturated rings. The van der Waals surface area contributed by atoms with Crippen LogP contribution in [0.3, 0.4) is 0 Å². The average Bonchev–Trinajstić information content (AvgIpc) is 2.93. The summed E-state index contributed by atoms with van der Waals surface area (Å²) in [7, 11) is 0. The zero-order valence-electron chi connectivity index (χ0n) is 14.0. The first kappa shape index (κ1) is 16.0. The molecule has 0 radical (unpaired) electrons. The zero-order valence-corrected chi connectivity index (χ0v) is 14.0. The van der Waals surface area contributed by atoms with Crippen molar-refractivity contribution >= 4 is 5.82 Å². The molecule has 3 aromatic rings. The molecule has 0 saturated carbocycles. The van der Waals surface area contributed by atoms with Gasteiger partial charge in [0.05, 0.1) is 17.8 Å². The van der Waals surface area contributed by atoms with E-state index in [1.807, 2.05) is 51.1 Å². The normalized spacial score (nSPS) is 10.6. The number of para-hydroxylation sites is 1. The molecule has 6 nitrogen and oxygen atoms in total. The minimum atomic E-state index is 0.550. The number of anilines is 1. The van der Waals surface area contributed by atoms with Gasteiger partial charge in [-0.15, -0.1) is 0 Å². The van der Waals surface area contributed by atoms with Crippen LogP contribution in [0.5, 0.6) is 5.75 Å². The van der Waals surface area contributed by atoms with Gasteiger partial charge >= 0.3 is 0 Å². The molecule has 124 valence electrons. The van der Waals surface area contributed by atoms with Crippen molar-refractivity contribution < 1.29 is 9.26 Å². The molecular formula is C18H20N4O2. The number of rotatable bonds is 6. The van der Waals surface area contributed by atoms with E-state index in [-0.39, 0.29) is 0 Å². The van der Waals surface area contributed by atoms with E-state index >= 15 is 0 Å². The lowest BCUT2D eigenvalue weighted by Crippen LogP contribution is -2.13. The Morgan fingerprint density at radius 2 is 1.92 bits per heavy atom. The third-order valence-electron chi connectivity index (χ3n) is 3.64. The molecule has 1 N–H and O–H groups in total. The molecule has 6 heteroatoms. The van der Waals surface area contributed by atoms with Crippen molar-refractivity contribution in [1.29, 1.82) is 0 Å². The minimum Gasteiger partial charge on any atom is -0.492 e. The molecule has 2 heterocycles. The molecule has 0 atom stereocenters. The van der Waals surface area contributed by atoms with Crippen LogP contribution in [0.4, 0.5) is 5.82 Å². The molecule has 0 unspecified atom stereocenters. The number of hydrogen-bond acceptors (Lipinski definition) is 6. The van der Waals surface area contributed by atoms with Crippen LogP contribution in [-0.4, -0.2) is 28.3 Å². The van der Waals surface area contributed by atoms with E-state index in [4.69, 9.17) is 9.26 Å². The van der Waals surface area contributed by atoms with Crippen molar-refractivity contribution in [2.75, 3.05) is 18.5 Å². The molecule has 0 bridgehead atoms. The van der Waals surface area contributed by atoms with Gasteiger partial charge in [-0.1, -0.05) is 23.4 Å². The lowest BCUT2D eigenvalue weighted by atomic mass is 10.2. The van der Waals surface area contributed by atoms with Crippen LogP contribution in [0, 0.1) is 20.8 Å². The van der Waals surface area contributed by atoms with Crippen LogP contribution in [0.1, 0.15) is 17.0 Å². The second kappa shape index (κ2) is 7.12. The molecular weight excluding hydrogens is 304 g/mol. The van der Waals surface area contributed by atoms with Gasteiger partial charge < -0.3 is 14.6 Å². The molecule has 0 aliphatic heterocycles. The summed E-state index contributed by atoms with van der Waals surface area (Å²) in [6, 6.07) is 9.74. The van der Waals surface area contributed by atoms with E-state index in [0.717, 1.165) is 34.1 Å². The smallest absolute Gasteiger partial charge is 0.167 e. The van der Waals surface area contributed by atoms with E-state index in [1.54, 1.807) is 6.20 Å². The SMILES string of the molecule is Cc1cnc(-c2c(C)noc2C)nc1NCCOc1ccccc1. The van der Waals surface area contributed by atoms with Gasteiger partial charge in [0, 0.05) is 11.8 Å². The highest BCUT2D eigenvalue weighted by Crippen LogP contribution is 2.25. The Balaban J connectivity index is 1.66. The largest absolute Gasteiger partial charge is 0.492 e. The quantitative estimate of drug-likeness (QED) is 0.699. The van der Waals surface area contributed by atoms with Crippen LogP contribution < -0.4 is 10.1 Å². The summed E-state index contributed by atoms with van der Waals surface area (Å²) in [5.74, 6) is 2.98. The Bertz CT molecular complexity index is 796. The summed E-state index contributed by atoms with van der Waals surface area (Å²) in [5.41, 5.74) is 2.61. The number of hydrogen-bond donors (Lipinski definition) is 1. The summed E-state index contributed by atoms with van der Waals surface area (Å²) in [6.45, 7) is 6.91. The second-order valence-corrected chi connectivity index (χ2v) is 5.51. The summed E-state index contributed by atoms with van der Waals surface area (Å²) < 4.78 is 10.9. The highest BCUT2D eigenvalue weighted by atomic mass is 16.5. The summed E-state index contributed by atoms with van der Waals surface area (Å²) in [5, 5.41) is 7.26. The first-order chi connectivity index (χ1) is 11.6. The molecule has 2 aromatic heterocycles. The fourth-order valence-electron chi connectivity index (χ4n) is 2.40. The highest BCUT2D eigenvalue weighted by molar-refractivity contribution is 5.62. The number of ether oxygens (including phenoxy) is 1. The average molecular weight is 324 g/mol. The van der Waals surface area contributed by atoms with Crippen LogP contribution >= 0.6 is 0 Å². The van der Waals surface area contributed by atoms with Gasteiger partial charge in [0.2, 0.25) is 0 Å². The van der Waals surface area contributed by atoms with Crippen molar-refractivity contribution in [3.63, 3.8) is 0 Å². The maximum absolute atomic E-state index is 5.68. The Morgan fingerprint density at radius 1 is 1.12 bits per heavy atom. The molecule has 0 spiro atoms. The molecule has 3 rings (SSSR count). The van der Waals surface area contributed by atoms with Gasteiger partial charge in [0.15, 0.2) is 5.82 Å². The Labute approximate surface area is 140 Å². The van der Waals surface area contributed by atoms with E-state index in [0.29, 0.717) is 19.0 Å². The summed E-state index contributed by atoms with van der Waals surface area (Å²) in [6.07, 6.45) is 1.80. The first-order valence-electron chi connectivity index (χ1n) is 7.84. The monoisotopic (exact) mass is 324 g/mol. The number of nitrogens with one attached hydrogen (secondary N) is 1. The van der Waals surface area contributed by atoms with Gasteiger partial charge in [-0.25, -0.2) is 9.97 Å². The number of aryl methyl sites for hydroxylation is 3. The van der Waals surface area contributed by atoms with Gasteiger partial charge in [-0.2, -0.15) is 0 Å². The van der Waals surface area contributed by atoms with Crippen LogP contribution in [-0.2, 0) is 0 Å². The van der Waals surface area contributed by atoms with Crippen LogP contribution in [0.2, 0.25) is 0 Å². The maximum Gasteiger partial charge on any atom is 0.167 e. The Kier molecular flexibility index (Phi) is 4.74. The van der Waals surface area contributed by atoms with Gasteiger partial charge in [0.25, 0.3) is 0 Å². The third kappa shape index (κ3) is 3.53. The summed E-state index contributed by atoms with van der Waals surface area (Å²) >= 11 is 0. The molecule has 0 amide bonds. The van der Waals surface area contributed by atoms with Crippen LogP contribution in [0.15, 0.2) is 41.1 Å². The van der Waals surface area contributed by atoms with E-state index in [2.05, 4.69) is 20.4 Å². The minimum absolute atomic E-state index is 0.550. The zero-order chi connectivity index (χ0) is 16.9. The fourth-order valence-corrected chi connectivity index (χ4v) is 2.40. The highest BCUT2D eigenvalue weighted by Gasteiger charge is 2.15. The number of aromatic nitrogens is 3. The third-order valence-corrected chi connectivity index (χ3v) is 3.64. The number of nitrogens with zero attached hydrogens (tertiary/aromatic N) is 3. The van der Waals surface area contributed by atoms with Gasteiger partial charge in [-0.3, -0.25) is 0 Å². The second-order valence-electron chi connectivity index (χ2n) is 5.51. The molecule has 0 aliphatic carbocycles. The Morgan fingerprint density at radius 3 is 2.62 bits per heavy atom. The van der Waals surface area contributed by atoms with Gasteiger partial charge in [-0.05, 0) is 32.9 Å². The van der Waals surface area contributed by atoms with Crippen molar-refractivity contribution in [3.05, 3.63) is 53.5 Å². The van der Waals surface area contributed by atoms with Crippen molar-refractivity contribution in [2.24, 2.45) is 0 Å². The lowest BCUT2D eigenvalue weighted by molar-refractivity contribution is 0.332. The Hall–Kier alpha value is -2.89. The lowest BCUT2D eigenvalue weighted by Gasteiger charge is -2.11. The van der Waals surface area contributed by atoms with E-state index < -0.39 is 0 Å². The van der Waals surface area contributed by atoms with E-state index in [1.165, 1.54) is 0 Å². The standard InChI is InChI=1S/C18H20N4O2/c1-12-11-20-18(16-13(2)22-24-14(16)3)21-17(12)19-9-10-23-15-7-5-4-6-8-15/h4-8,11H,9-10H2,1-3H3,(H,19,20,21). The van der Waals surface area contributed by atoms with Crippen molar-refractivity contribution in [3.8, 4) is 17.1 Å². The van der Waals surface area contributed by atoms with E-state index in [9.17, 15) is 0 Å². The molecule has 1 aromatic carbocycles. The van der Waals surface area contributed by atoms with Crippen molar-refractivity contribution in [2.45, 2.75) is 20.8 Å². The van der Waals surface area contributed by atoms with Crippen molar-refractivity contribution in [1.82, 2.24) is 15.1 Å². The predicted molar refractivity (Wildman–Crippen MR) is 92.2 cm³/mol. The molecule has 0 saturated heterocycles. The molecule has 0 aliphatic rings. The first-order valence-corrected chi connectivity index (χ1v) is 7.84. The van der Waals surface area contributed by atoms with Crippen LogP contribution in [0.25, 0.3) is 11.4 Å².